The number of rotatable bonds is 4. The summed E-state index contributed by atoms with van der Waals surface area (Å²) in [5, 5.41) is 8.49. The third-order valence-electron chi connectivity index (χ3n) is 26.0. The highest BCUT2D eigenvalue weighted by Gasteiger charge is 2.52. The molecule has 4 aromatic rings. The summed E-state index contributed by atoms with van der Waals surface area (Å²) in [7, 11) is 1.80. The summed E-state index contributed by atoms with van der Waals surface area (Å²) in [4.78, 5) is 71.9. The standard InChI is InChI=1S/C23H32N2O4.C20H26N2O2.C20H28N2O2.C18H22N2O3/c1-21(2)15-27-23(28-16-21)9-7-17(8-10-23)25-13-11-22(12-14-25)18-5-3-4-6-19(18)24-20(26)29-22;23-19-21-18-4-2-1-3-17(18)20(24-19)7-9-22(10-8-20)16-12-14-5-6-15(11-14)13-16;1-21-18-11-7-6-10-17(18)20(24-19(21)23)12-14-22(15-13-20)16-8-4-2-3-5-9-16;21-14-7-5-13(6-8-14)20-11-9-18(10-12-20)15-3-1-2-4-16(15)19-17(22)23-18/h3-6,17H,7-16H2,1-2H3,(H,24,26);1-4,14-16H,5-13H2,(H,21,23);6-7,10-11,16H,2-5,8-9,12-15H2,1H3;1-4,13H,5-12H2,(H,19,22). The van der Waals surface area contributed by atoms with Crippen molar-refractivity contribution in [3.8, 4) is 0 Å². The second-order valence-corrected chi connectivity index (χ2v) is 32.7. The third-order valence-corrected chi connectivity index (χ3v) is 26.0. The van der Waals surface area contributed by atoms with Gasteiger partial charge in [0.1, 0.15) is 28.2 Å². The summed E-state index contributed by atoms with van der Waals surface area (Å²) in [6, 6.07) is 34.9. The van der Waals surface area contributed by atoms with E-state index < -0.39 is 22.4 Å². The van der Waals surface area contributed by atoms with E-state index in [4.69, 9.17) is 28.4 Å². The van der Waals surface area contributed by atoms with Crippen LogP contribution in [0.1, 0.15) is 209 Å². The molecule has 3 N–H and O–H groups in total. The number of piperidine rings is 4. The van der Waals surface area contributed by atoms with Gasteiger partial charge in [0.25, 0.3) is 0 Å². The monoisotopic (exact) mass is 1370 g/mol. The van der Waals surface area contributed by atoms with Crippen molar-refractivity contribution in [1.29, 1.82) is 0 Å². The number of likely N-dealkylation sites (tertiary alicyclic amines) is 4. The Bertz CT molecular complexity index is 3550. The summed E-state index contributed by atoms with van der Waals surface area (Å²) < 4.78 is 35.8. The summed E-state index contributed by atoms with van der Waals surface area (Å²) >= 11 is 0. The molecule has 0 aromatic heterocycles. The molecule has 2 bridgehead atoms. The van der Waals surface area contributed by atoms with Gasteiger partial charge in [-0.15, -0.1) is 0 Å². The highest BCUT2D eigenvalue weighted by molar-refractivity contribution is 5.92. The minimum absolute atomic E-state index is 0.117. The van der Waals surface area contributed by atoms with Gasteiger partial charge in [-0.25, -0.2) is 19.2 Å². The molecule has 4 aromatic carbocycles. The topological polar surface area (TPSA) is 193 Å². The first kappa shape index (κ1) is 69.1. The van der Waals surface area contributed by atoms with Crippen LogP contribution in [0.15, 0.2) is 97.1 Å². The molecule has 2 atom stereocenters. The first-order chi connectivity index (χ1) is 48.5. The average molecular weight is 1370 g/mol. The van der Waals surface area contributed by atoms with Crippen molar-refractivity contribution in [2.45, 2.75) is 240 Å². The van der Waals surface area contributed by atoms with Gasteiger partial charge in [0.2, 0.25) is 0 Å². The van der Waals surface area contributed by atoms with Gasteiger partial charge in [-0.1, -0.05) is 125 Å². The van der Waals surface area contributed by atoms with Crippen molar-refractivity contribution >= 4 is 52.9 Å². The molecule has 538 valence electrons. The number of amides is 4. The van der Waals surface area contributed by atoms with Crippen molar-refractivity contribution in [1.82, 2.24) is 19.6 Å². The molecule has 2 unspecified atom stereocenters. The van der Waals surface area contributed by atoms with Crippen molar-refractivity contribution in [2.75, 3.05) is 93.5 Å². The zero-order valence-electron chi connectivity index (χ0n) is 59.6. The van der Waals surface area contributed by atoms with E-state index >= 15 is 0 Å². The molecule has 5 aliphatic carbocycles. The number of Topliss-reactive ketones (excluding diaryl/α,β-unsaturated/α-hetero) is 1. The Kier molecular flexibility index (Phi) is 20.0. The van der Waals surface area contributed by atoms with Crippen molar-refractivity contribution in [3.05, 3.63) is 119 Å². The highest BCUT2D eigenvalue weighted by Crippen LogP contribution is 2.51. The van der Waals surface area contributed by atoms with Gasteiger partial charge >= 0.3 is 24.4 Å². The molecule has 4 amide bonds. The molecule has 5 saturated heterocycles. The van der Waals surface area contributed by atoms with Gasteiger partial charge in [-0.05, 0) is 93.9 Å². The zero-order chi connectivity index (χ0) is 68.7. The van der Waals surface area contributed by atoms with Crippen molar-refractivity contribution in [2.24, 2.45) is 17.3 Å². The van der Waals surface area contributed by atoms with Crippen LogP contribution in [0.5, 0.6) is 0 Å². The molecule has 14 aliphatic rings. The van der Waals surface area contributed by atoms with Crippen molar-refractivity contribution < 1.29 is 52.4 Å². The molecule has 10 fully saturated rings. The van der Waals surface area contributed by atoms with Crippen LogP contribution in [-0.4, -0.2) is 152 Å². The van der Waals surface area contributed by atoms with Crippen LogP contribution in [0, 0.1) is 17.3 Å². The lowest BCUT2D eigenvalue weighted by atomic mass is 9.79. The van der Waals surface area contributed by atoms with Crippen LogP contribution in [-0.2, 0) is 55.6 Å². The maximum Gasteiger partial charge on any atom is 0.414 e. The molecule has 9 aliphatic heterocycles. The number of carbonyl (C=O) groups is 5. The van der Waals surface area contributed by atoms with Crippen LogP contribution in [0.25, 0.3) is 0 Å². The molecule has 0 radical (unpaired) electrons. The predicted molar refractivity (Wildman–Crippen MR) is 384 cm³/mol. The number of carbonyl (C=O) groups excluding carboxylic acids is 5. The minimum Gasteiger partial charge on any atom is -0.438 e. The molecule has 19 heteroatoms. The number of hydrogen-bond acceptors (Lipinski definition) is 15. The highest BCUT2D eigenvalue weighted by atomic mass is 16.7. The number of ether oxygens (including phenoxy) is 6. The Balaban J connectivity index is 0.000000109. The van der Waals surface area contributed by atoms with Gasteiger partial charge in [0.05, 0.1) is 36.0 Å². The first-order valence-electron chi connectivity index (χ1n) is 38.6. The summed E-state index contributed by atoms with van der Waals surface area (Å²) in [5.41, 5.74) is 6.59. The SMILES string of the molecule is CC1(C)COC2(CCC(N3CCC4(CC3)OC(=O)Nc3ccccc34)CC2)OC1.CN1C(=O)OC2(CCN(C3CCCCCC3)CC2)c2ccccc21.O=C1CCC(N2CCC3(CC2)OC(=O)Nc2ccccc23)CC1.O=C1Nc2ccccc2C2(CCN(C3CC4CCC(C4)C3)CC2)O1. The number of hydrogen-bond donors (Lipinski definition) is 3. The molecular weight excluding hydrogens is 1260 g/mol. The maximum absolute atomic E-state index is 12.3. The Hall–Kier alpha value is -6.61. The first-order valence-corrected chi connectivity index (χ1v) is 38.6. The van der Waals surface area contributed by atoms with E-state index in [2.05, 4.69) is 79.7 Å². The van der Waals surface area contributed by atoms with Crippen LogP contribution in [0.3, 0.4) is 0 Å². The Morgan fingerprint density at radius 2 is 0.740 bits per heavy atom. The molecule has 100 heavy (non-hydrogen) atoms. The van der Waals surface area contributed by atoms with Crippen LogP contribution >= 0.6 is 0 Å². The van der Waals surface area contributed by atoms with Crippen LogP contribution in [0.2, 0.25) is 0 Å². The Morgan fingerprint density at radius 1 is 0.380 bits per heavy atom. The molecular formula is C81H108N8O11. The third kappa shape index (κ3) is 14.4. The Morgan fingerprint density at radius 3 is 1.17 bits per heavy atom. The van der Waals surface area contributed by atoms with E-state index in [0.29, 0.717) is 30.7 Å². The van der Waals surface area contributed by atoms with E-state index in [1.807, 2.05) is 66.7 Å². The van der Waals surface area contributed by atoms with Crippen LogP contribution < -0.4 is 20.9 Å². The number of anilines is 4. The molecule has 19 nitrogen and oxygen atoms in total. The van der Waals surface area contributed by atoms with E-state index in [1.54, 1.807) is 11.9 Å². The zero-order valence-corrected chi connectivity index (χ0v) is 59.6. The molecule has 5 saturated carbocycles. The normalized spacial score (nSPS) is 28.3. The fourth-order valence-corrected chi connectivity index (χ4v) is 20.2. The second-order valence-electron chi connectivity index (χ2n) is 32.7. The van der Waals surface area contributed by atoms with Gasteiger partial charge in [0.15, 0.2) is 5.79 Å². The fourth-order valence-electron chi connectivity index (χ4n) is 20.2. The smallest absolute Gasteiger partial charge is 0.414 e. The van der Waals surface area contributed by atoms with E-state index in [9.17, 15) is 24.0 Å². The minimum atomic E-state index is -0.486. The number of nitrogens with one attached hydrogen (secondary N) is 3. The van der Waals surface area contributed by atoms with Gasteiger partial charge in [-0.3, -0.25) is 25.6 Å². The lowest BCUT2D eigenvalue weighted by molar-refractivity contribution is -0.312. The summed E-state index contributed by atoms with van der Waals surface area (Å²) in [5.74, 6) is 1.99. The van der Waals surface area contributed by atoms with Gasteiger partial charge < -0.3 is 48.0 Å². The number of fused-ring (bicyclic) bond motifs is 10. The maximum atomic E-state index is 12.3. The van der Waals surface area contributed by atoms with Gasteiger partial charge in [0, 0.05) is 188 Å². The van der Waals surface area contributed by atoms with E-state index in [0.717, 1.165) is 219 Å². The second kappa shape index (κ2) is 28.9. The Labute approximate surface area is 591 Å². The summed E-state index contributed by atoms with van der Waals surface area (Å²) in [6.45, 7) is 13.9. The molecule has 18 rings (SSSR count). The van der Waals surface area contributed by atoms with Crippen molar-refractivity contribution in [3.63, 3.8) is 0 Å². The lowest BCUT2D eigenvalue weighted by Gasteiger charge is -2.50. The number of benzene rings is 4. The average Bonchev–Trinajstić information content (AvgIpc) is 0.828. The fraction of sp³-hybridized carbons (Fsp3) is 0.642. The lowest BCUT2D eigenvalue weighted by Crippen LogP contribution is -2.54. The van der Waals surface area contributed by atoms with Gasteiger partial charge in [-0.2, -0.15) is 0 Å². The predicted octanol–water partition coefficient (Wildman–Crippen LogP) is 15.7. The van der Waals surface area contributed by atoms with E-state index in [1.165, 1.54) is 76.2 Å². The summed E-state index contributed by atoms with van der Waals surface area (Å²) in [6.07, 6.45) is 28.7. The number of ketones is 1. The van der Waals surface area contributed by atoms with E-state index in [-0.39, 0.29) is 35.6 Å². The quantitative estimate of drug-likeness (QED) is 0.129. The number of para-hydroxylation sites is 4. The molecule has 5 spiro atoms. The molecule has 9 heterocycles. The number of nitrogens with zero attached hydrogens (tertiary/aromatic N) is 5. The van der Waals surface area contributed by atoms with Crippen LogP contribution in [0.4, 0.5) is 41.9 Å². The largest absolute Gasteiger partial charge is 0.438 e.